The van der Waals surface area contributed by atoms with Crippen molar-refractivity contribution in [3.05, 3.63) is 35.9 Å². The number of alkyl carbamates (subject to hydrolysis) is 1. The van der Waals surface area contributed by atoms with Gasteiger partial charge < -0.3 is 15.4 Å². The first-order valence-electron chi connectivity index (χ1n) is 10.1. The second-order valence-corrected chi connectivity index (χ2v) is 21.1. The van der Waals surface area contributed by atoms with Crippen molar-refractivity contribution < 1.29 is 14.3 Å². The predicted octanol–water partition coefficient (Wildman–Crippen LogP) is 4.51. The van der Waals surface area contributed by atoms with Gasteiger partial charge >= 0.3 is 6.09 Å². The summed E-state index contributed by atoms with van der Waals surface area (Å²) in [5.74, 6) is 0.167. The number of carbonyl (C=O) groups excluding carboxylic acids is 2. The first kappa shape index (κ1) is 24.6. The van der Waals surface area contributed by atoms with Crippen LogP contribution in [0, 0.1) is 0 Å². The van der Waals surface area contributed by atoms with Gasteiger partial charge in [0.25, 0.3) is 0 Å². The Balaban J connectivity index is 2.66. The van der Waals surface area contributed by atoms with Crippen molar-refractivity contribution in [2.24, 2.45) is 0 Å². The molecular weight excluding hydrogens is 384 g/mol. The fourth-order valence-corrected chi connectivity index (χ4v) is 6.48. The number of ether oxygens (including phenoxy) is 1. The van der Waals surface area contributed by atoms with Gasteiger partial charge in [0.05, 0.1) is 6.04 Å². The van der Waals surface area contributed by atoms with Crippen LogP contribution in [0.4, 0.5) is 4.79 Å². The summed E-state index contributed by atoms with van der Waals surface area (Å²) >= 11 is 0. The SMILES string of the molecule is CC(=O)[C@H](C[Si](C)(C)C)NC[C@H](C[Si](C)(C)C)NC(=O)OCc1ccccc1. The van der Waals surface area contributed by atoms with E-state index in [1.54, 1.807) is 6.92 Å². The average molecular weight is 423 g/mol. The fourth-order valence-electron chi connectivity index (χ4n) is 3.10. The lowest BCUT2D eigenvalue weighted by Gasteiger charge is -2.29. The molecule has 0 saturated carbocycles. The van der Waals surface area contributed by atoms with Gasteiger partial charge in [-0.3, -0.25) is 4.79 Å². The molecule has 0 radical (unpaired) electrons. The Morgan fingerprint density at radius 1 is 0.964 bits per heavy atom. The molecule has 1 aromatic rings. The van der Waals surface area contributed by atoms with E-state index in [0.717, 1.165) is 17.7 Å². The first-order chi connectivity index (χ1) is 12.9. The van der Waals surface area contributed by atoms with Crippen LogP contribution in [0.1, 0.15) is 12.5 Å². The van der Waals surface area contributed by atoms with Gasteiger partial charge in [-0.15, -0.1) is 0 Å². The number of benzene rings is 1. The zero-order valence-corrected chi connectivity index (χ0v) is 20.6. The molecule has 1 rings (SSSR count). The van der Waals surface area contributed by atoms with Crippen LogP contribution in [-0.2, 0) is 16.1 Å². The number of nitrogens with one attached hydrogen (secondary N) is 2. The van der Waals surface area contributed by atoms with Crippen LogP contribution >= 0.6 is 0 Å². The largest absolute Gasteiger partial charge is 0.445 e. The van der Waals surface area contributed by atoms with Gasteiger partial charge in [0.15, 0.2) is 0 Å². The van der Waals surface area contributed by atoms with Crippen molar-refractivity contribution in [2.75, 3.05) is 6.54 Å². The Morgan fingerprint density at radius 3 is 2.04 bits per heavy atom. The monoisotopic (exact) mass is 422 g/mol. The normalized spacial score (nSPS) is 14.2. The molecule has 0 aliphatic rings. The van der Waals surface area contributed by atoms with Crippen LogP contribution in [0.5, 0.6) is 0 Å². The maximum absolute atomic E-state index is 12.3. The van der Waals surface area contributed by atoms with E-state index in [-0.39, 0.29) is 24.5 Å². The summed E-state index contributed by atoms with van der Waals surface area (Å²) < 4.78 is 5.39. The second-order valence-electron chi connectivity index (χ2n) is 10.0. The highest BCUT2D eigenvalue weighted by molar-refractivity contribution is 6.76. The Kier molecular flexibility index (Phi) is 9.59. The first-order valence-corrected chi connectivity index (χ1v) is 17.5. The molecular formula is C21H38N2O3Si2. The van der Waals surface area contributed by atoms with E-state index < -0.39 is 22.2 Å². The molecule has 7 heteroatoms. The van der Waals surface area contributed by atoms with Crippen molar-refractivity contribution in [3.63, 3.8) is 0 Å². The van der Waals surface area contributed by atoms with Crippen LogP contribution in [0.3, 0.4) is 0 Å². The minimum atomic E-state index is -1.41. The Morgan fingerprint density at radius 2 is 1.54 bits per heavy atom. The molecule has 1 amide bonds. The summed E-state index contributed by atoms with van der Waals surface area (Å²) in [7, 11) is -2.78. The molecule has 0 saturated heterocycles. The number of Topliss-reactive ketones (excluding diaryl/α,β-unsaturated/α-hetero) is 1. The van der Waals surface area contributed by atoms with Crippen molar-refractivity contribution in [3.8, 4) is 0 Å². The molecule has 0 spiro atoms. The Bertz CT molecular complexity index is 625. The van der Waals surface area contributed by atoms with Crippen LogP contribution in [0.25, 0.3) is 0 Å². The summed E-state index contributed by atoms with van der Waals surface area (Å²) in [4.78, 5) is 24.4. The van der Waals surface area contributed by atoms with Gasteiger partial charge in [-0.2, -0.15) is 0 Å². The number of hydrogen-bond donors (Lipinski definition) is 2. The highest BCUT2D eigenvalue weighted by Crippen LogP contribution is 2.15. The minimum absolute atomic E-state index is 0.0431. The molecule has 0 heterocycles. The predicted molar refractivity (Wildman–Crippen MR) is 122 cm³/mol. The minimum Gasteiger partial charge on any atom is -0.445 e. The zero-order chi connectivity index (χ0) is 21.4. The van der Waals surface area contributed by atoms with Gasteiger partial charge in [-0.1, -0.05) is 69.6 Å². The molecule has 2 atom stereocenters. The van der Waals surface area contributed by atoms with E-state index in [2.05, 4.69) is 49.9 Å². The van der Waals surface area contributed by atoms with E-state index >= 15 is 0 Å². The standard InChI is InChI=1S/C21H38N2O3Si2/c1-17(24)20(16-28(5,6)7)22-13-19(15-27(2,3)4)23-21(25)26-14-18-11-9-8-10-12-18/h8-12,19-20,22H,13-16H2,1-7H3,(H,23,25)/t19-,20+/m1/s1. The summed E-state index contributed by atoms with van der Waals surface area (Å²) in [6.07, 6.45) is -0.404. The number of hydrogen-bond acceptors (Lipinski definition) is 4. The Labute approximate surface area is 172 Å². The van der Waals surface area contributed by atoms with Gasteiger partial charge in [-0.25, -0.2) is 4.79 Å². The lowest BCUT2D eigenvalue weighted by Crippen LogP contribution is -2.50. The van der Waals surface area contributed by atoms with E-state index in [9.17, 15) is 9.59 Å². The highest BCUT2D eigenvalue weighted by atomic mass is 28.3. The molecule has 28 heavy (non-hydrogen) atoms. The third-order valence-corrected chi connectivity index (χ3v) is 7.66. The van der Waals surface area contributed by atoms with Crippen molar-refractivity contribution in [2.45, 2.75) is 77.0 Å². The molecule has 0 aromatic heterocycles. The van der Waals surface area contributed by atoms with Crippen molar-refractivity contribution >= 4 is 28.0 Å². The van der Waals surface area contributed by atoms with Gasteiger partial charge in [0.2, 0.25) is 0 Å². The highest BCUT2D eigenvalue weighted by Gasteiger charge is 2.27. The summed E-state index contributed by atoms with van der Waals surface area (Å²) in [5, 5.41) is 6.43. The average Bonchev–Trinajstić information content (AvgIpc) is 2.55. The van der Waals surface area contributed by atoms with Crippen molar-refractivity contribution in [1.29, 1.82) is 0 Å². The number of amides is 1. The fraction of sp³-hybridized carbons (Fsp3) is 0.619. The number of rotatable bonds is 11. The molecule has 0 aliphatic heterocycles. The van der Waals surface area contributed by atoms with E-state index in [4.69, 9.17) is 4.74 Å². The molecule has 0 unspecified atom stereocenters. The molecule has 2 N–H and O–H groups in total. The van der Waals surface area contributed by atoms with Crippen molar-refractivity contribution in [1.82, 2.24) is 10.6 Å². The molecule has 1 aromatic carbocycles. The third-order valence-electron chi connectivity index (χ3n) is 4.31. The smallest absolute Gasteiger partial charge is 0.407 e. The summed E-state index contributed by atoms with van der Waals surface area (Å²) in [6, 6.07) is 11.3. The zero-order valence-electron chi connectivity index (χ0n) is 18.6. The van der Waals surface area contributed by atoms with E-state index in [1.165, 1.54) is 0 Å². The van der Waals surface area contributed by atoms with Crippen LogP contribution in [0.2, 0.25) is 51.4 Å². The Hall–Kier alpha value is -1.45. The molecule has 158 valence electrons. The van der Waals surface area contributed by atoms with Gasteiger partial charge in [-0.05, 0) is 24.6 Å². The lowest BCUT2D eigenvalue weighted by atomic mass is 10.2. The summed E-state index contributed by atoms with van der Waals surface area (Å²) in [5.41, 5.74) is 0.962. The van der Waals surface area contributed by atoms with E-state index in [0.29, 0.717) is 6.54 Å². The number of ketones is 1. The topological polar surface area (TPSA) is 67.4 Å². The molecule has 0 bridgehead atoms. The third kappa shape index (κ3) is 11.4. The summed E-state index contributed by atoms with van der Waals surface area (Å²) in [6.45, 7) is 16.1. The van der Waals surface area contributed by atoms with Crippen LogP contribution in [0.15, 0.2) is 30.3 Å². The second kappa shape index (κ2) is 10.9. The van der Waals surface area contributed by atoms with Gasteiger partial charge in [0, 0.05) is 28.7 Å². The molecule has 0 fully saturated rings. The molecule has 5 nitrogen and oxygen atoms in total. The van der Waals surface area contributed by atoms with E-state index in [1.807, 2.05) is 30.3 Å². The van der Waals surface area contributed by atoms with Crippen LogP contribution in [-0.4, -0.2) is 46.7 Å². The molecule has 0 aliphatic carbocycles. The maximum atomic E-state index is 12.3. The number of carbonyl (C=O) groups is 2. The quantitative estimate of drug-likeness (QED) is 0.515. The van der Waals surface area contributed by atoms with Crippen LogP contribution < -0.4 is 10.6 Å². The lowest BCUT2D eigenvalue weighted by molar-refractivity contribution is -0.118. The van der Waals surface area contributed by atoms with Gasteiger partial charge in [0.1, 0.15) is 12.4 Å². The maximum Gasteiger partial charge on any atom is 0.407 e.